The molecule has 2 aliphatic rings. The fourth-order valence-corrected chi connectivity index (χ4v) is 2.36. The van der Waals surface area contributed by atoms with Crippen molar-refractivity contribution in [1.82, 2.24) is 15.5 Å². The highest BCUT2D eigenvalue weighted by molar-refractivity contribution is 5.78. The fraction of sp³-hybridized carbons (Fsp3) is 0.917. The van der Waals surface area contributed by atoms with Gasteiger partial charge in [0.05, 0.1) is 6.54 Å². The van der Waals surface area contributed by atoms with Crippen LogP contribution in [0.3, 0.4) is 0 Å². The third-order valence-electron chi connectivity index (χ3n) is 3.50. The highest BCUT2D eigenvalue weighted by atomic mass is 16.1. The molecule has 4 nitrogen and oxygen atoms in total. The van der Waals surface area contributed by atoms with Gasteiger partial charge in [0.15, 0.2) is 0 Å². The summed E-state index contributed by atoms with van der Waals surface area (Å²) in [5.74, 6) is 1.11. The van der Waals surface area contributed by atoms with E-state index in [4.69, 9.17) is 0 Å². The van der Waals surface area contributed by atoms with E-state index in [-0.39, 0.29) is 5.91 Å². The van der Waals surface area contributed by atoms with Crippen molar-refractivity contribution in [2.24, 2.45) is 5.92 Å². The van der Waals surface area contributed by atoms with Crippen molar-refractivity contribution < 1.29 is 4.79 Å². The number of likely N-dealkylation sites (N-methyl/N-ethyl adjacent to an activating group) is 1. The molecule has 1 aliphatic heterocycles. The quantitative estimate of drug-likeness (QED) is 0.702. The summed E-state index contributed by atoms with van der Waals surface area (Å²) in [6.45, 7) is 4.03. The van der Waals surface area contributed by atoms with Gasteiger partial charge in [-0.2, -0.15) is 0 Å². The van der Waals surface area contributed by atoms with Crippen LogP contribution in [-0.4, -0.2) is 50.1 Å². The van der Waals surface area contributed by atoms with Gasteiger partial charge < -0.3 is 15.5 Å². The largest absolute Gasteiger partial charge is 0.352 e. The van der Waals surface area contributed by atoms with Crippen molar-refractivity contribution in [2.45, 2.75) is 31.7 Å². The van der Waals surface area contributed by atoms with Crippen molar-refractivity contribution in [1.29, 1.82) is 0 Å². The van der Waals surface area contributed by atoms with Gasteiger partial charge in [-0.15, -0.1) is 0 Å². The summed E-state index contributed by atoms with van der Waals surface area (Å²) in [6.07, 6.45) is 5.09. The molecule has 1 amide bonds. The van der Waals surface area contributed by atoms with Crippen LogP contribution < -0.4 is 10.6 Å². The van der Waals surface area contributed by atoms with Gasteiger partial charge in [-0.3, -0.25) is 4.79 Å². The number of nitrogens with one attached hydrogen (secondary N) is 2. The van der Waals surface area contributed by atoms with Crippen LogP contribution in [0.25, 0.3) is 0 Å². The average molecular weight is 225 g/mol. The first-order valence-electron chi connectivity index (χ1n) is 6.44. The first kappa shape index (κ1) is 11.9. The Morgan fingerprint density at radius 1 is 1.25 bits per heavy atom. The van der Waals surface area contributed by atoms with Gasteiger partial charge >= 0.3 is 0 Å². The molecule has 0 unspecified atom stereocenters. The fourth-order valence-electron chi connectivity index (χ4n) is 2.36. The van der Waals surface area contributed by atoms with Crippen LogP contribution in [0.5, 0.6) is 0 Å². The number of piperidine rings is 1. The number of carbonyl (C=O) groups excluding carboxylic acids is 1. The van der Waals surface area contributed by atoms with Crippen LogP contribution in [0, 0.1) is 5.92 Å². The highest BCUT2D eigenvalue weighted by Gasteiger charge is 2.27. The molecule has 2 N–H and O–H groups in total. The SMILES string of the molecule is CNCC(=O)NC1CCN(CC2CC2)CC1. The average Bonchev–Trinajstić information content (AvgIpc) is 3.05. The maximum absolute atomic E-state index is 11.4. The Morgan fingerprint density at radius 2 is 1.94 bits per heavy atom. The van der Waals surface area contributed by atoms with Gasteiger partial charge in [0.2, 0.25) is 5.91 Å². The summed E-state index contributed by atoms with van der Waals surface area (Å²) >= 11 is 0. The lowest BCUT2D eigenvalue weighted by molar-refractivity contribution is -0.121. The first-order chi connectivity index (χ1) is 7.78. The van der Waals surface area contributed by atoms with E-state index < -0.39 is 0 Å². The van der Waals surface area contributed by atoms with E-state index in [1.165, 1.54) is 19.4 Å². The van der Waals surface area contributed by atoms with Crippen molar-refractivity contribution in [3.8, 4) is 0 Å². The number of amides is 1. The maximum atomic E-state index is 11.4. The first-order valence-corrected chi connectivity index (χ1v) is 6.44. The Balaban J connectivity index is 1.62. The van der Waals surface area contributed by atoms with Gasteiger partial charge in [0.25, 0.3) is 0 Å². The molecule has 0 spiro atoms. The predicted molar refractivity (Wildman–Crippen MR) is 64.3 cm³/mol. The summed E-state index contributed by atoms with van der Waals surface area (Å²) in [5, 5.41) is 5.96. The van der Waals surface area contributed by atoms with E-state index in [9.17, 15) is 4.79 Å². The summed E-state index contributed by atoms with van der Waals surface area (Å²) in [4.78, 5) is 13.9. The second-order valence-electron chi connectivity index (χ2n) is 5.12. The molecule has 0 atom stereocenters. The van der Waals surface area contributed by atoms with Gasteiger partial charge in [-0.1, -0.05) is 0 Å². The number of likely N-dealkylation sites (tertiary alicyclic amines) is 1. The zero-order valence-corrected chi connectivity index (χ0v) is 10.2. The maximum Gasteiger partial charge on any atom is 0.234 e. The Bertz CT molecular complexity index is 232. The lowest BCUT2D eigenvalue weighted by Gasteiger charge is -2.32. The minimum atomic E-state index is 0.128. The summed E-state index contributed by atoms with van der Waals surface area (Å²) in [5.41, 5.74) is 0. The molecule has 0 radical (unpaired) electrons. The summed E-state index contributed by atoms with van der Waals surface area (Å²) in [7, 11) is 1.80. The minimum Gasteiger partial charge on any atom is -0.352 e. The molecule has 4 heteroatoms. The van der Waals surface area contributed by atoms with Crippen molar-refractivity contribution >= 4 is 5.91 Å². The molecule has 1 heterocycles. The highest BCUT2D eigenvalue weighted by Crippen LogP contribution is 2.30. The third kappa shape index (κ3) is 3.76. The molecular formula is C12H23N3O. The molecule has 0 aromatic rings. The zero-order valence-electron chi connectivity index (χ0n) is 10.2. The molecule has 0 aromatic carbocycles. The van der Waals surface area contributed by atoms with E-state index in [1.54, 1.807) is 7.05 Å². The smallest absolute Gasteiger partial charge is 0.234 e. The van der Waals surface area contributed by atoms with E-state index in [0.717, 1.165) is 31.8 Å². The van der Waals surface area contributed by atoms with Crippen LogP contribution >= 0.6 is 0 Å². The molecule has 1 aliphatic carbocycles. The molecular weight excluding hydrogens is 202 g/mol. The predicted octanol–water partition coefficient (Wildman–Crippen LogP) is 0.196. The van der Waals surface area contributed by atoms with Crippen LogP contribution in [-0.2, 0) is 4.79 Å². The van der Waals surface area contributed by atoms with Crippen LogP contribution in [0.4, 0.5) is 0 Å². The third-order valence-corrected chi connectivity index (χ3v) is 3.50. The lowest BCUT2D eigenvalue weighted by Crippen LogP contribution is -2.46. The van der Waals surface area contributed by atoms with Gasteiger partial charge in [0.1, 0.15) is 0 Å². The molecule has 16 heavy (non-hydrogen) atoms. The number of rotatable bonds is 5. The number of nitrogens with zero attached hydrogens (tertiary/aromatic N) is 1. The Kier molecular flexibility index (Phi) is 4.18. The van der Waals surface area contributed by atoms with Gasteiger partial charge in [-0.25, -0.2) is 0 Å². The molecule has 0 aromatic heterocycles. The van der Waals surface area contributed by atoms with E-state index in [1.807, 2.05) is 0 Å². The Labute approximate surface area is 97.8 Å². The van der Waals surface area contributed by atoms with Crippen molar-refractivity contribution in [3.63, 3.8) is 0 Å². The van der Waals surface area contributed by atoms with Crippen LogP contribution in [0.2, 0.25) is 0 Å². The summed E-state index contributed by atoms with van der Waals surface area (Å²) < 4.78 is 0. The normalized spacial score (nSPS) is 23.3. The second-order valence-corrected chi connectivity index (χ2v) is 5.12. The van der Waals surface area contributed by atoms with Crippen LogP contribution in [0.1, 0.15) is 25.7 Å². The van der Waals surface area contributed by atoms with Crippen LogP contribution in [0.15, 0.2) is 0 Å². The molecule has 2 rings (SSSR count). The van der Waals surface area contributed by atoms with Crippen molar-refractivity contribution in [3.05, 3.63) is 0 Å². The molecule has 2 fully saturated rings. The lowest BCUT2D eigenvalue weighted by atomic mass is 10.0. The molecule has 0 bridgehead atoms. The monoisotopic (exact) mass is 225 g/mol. The zero-order chi connectivity index (χ0) is 11.4. The topological polar surface area (TPSA) is 44.4 Å². The molecule has 1 saturated carbocycles. The Morgan fingerprint density at radius 3 is 2.50 bits per heavy atom. The molecule has 1 saturated heterocycles. The Hall–Kier alpha value is -0.610. The van der Waals surface area contributed by atoms with E-state index in [0.29, 0.717) is 12.6 Å². The second kappa shape index (κ2) is 5.64. The minimum absolute atomic E-state index is 0.128. The molecule has 92 valence electrons. The van der Waals surface area contributed by atoms with E-state index in [2.05, 4.69) is 15.5 Å². The van der Waals surface area contributed by atoms with E-state index >= 15 is 0 Å². The summed E-state index contributed by atoms with van der Waals surface area (Å²) in [6, 6.07) is 0.399. The number of carbonyl (C=O) groups is 1. The van der Waals surface area contributed by atoms with Gasteiger partial charge in [0, 0.05) is 25.7 Å². The van der Waals surface area contributed by atoms with Crippen molar-refractivity contribution in [2.75, 3.05) is 33.2 Å². The standard InChI is InChI=1S/C12H23N3O/c1-13-8-12(16)14-11-4-6-15(7-5-11)9-10-2-3-10/h10-11,13H,2-9H2,1H3,(H,14,16). The van der Waals surface area contributed by atoms with Gasteiger partial charge in [-0.05, 0) is 38.6 Å². The number of hydrogen-bond acceptors (Lipinski definition) is 3. The number of hydrogen-bond donors (Lipinski definition) is 2.